The van der Waals surface area contributed by atoms with Crippen LogP contribution in [0.25, 0.3) is 0 Å². The Bertz CT molecular complexity index is 418. The van der Waals surface area contributed by atoms with E-state index in [0.29, 0.717) is 6.42 Å². The van der Waals surface area contributed by atoms with Crippen molar-refractivity contribution in [3.63, 3.8) is 0 Å². The Labute approximate surface area is 101 Å². The molecule has 4 nitrogen and oxygen atoms in total. The molecule has 1 rings (SSSR count). The van der Waals surface area contributed by atoms with Crippen LogP contribution in [0.4, 0.5) is 5.69 Å². The summed E-state index contributed by atoms with van der Waals surface area (Å²) < 4.78 is 0. The van der Waals surface area contributed by atoms with Gasteiger partial charge in [0.15, 0.2) is 0 Å². The molecule has 17 heavy (non-hydrogen) atoms. The van der Waals surface area contributed by atoms with E-state index >= 15 is 0 Å². The van der Waals surface area contributed by atoms with Crippen LogP contribution < -0.4 is 5.32 Å². The smallest absolute Gasteiger partial charge is 0.326 e. The van der Waals surface area contributed by atoms with Crippen molar-refractivity contribution < 1.29 is 9.90 Å². The number of benzene rings is 1. The van der Waals surface area contributed by atoms with Gasteiger partial charge >= 0.3 is 5.97 Å². The molecule has 1 aromatic carbocycles. The van der Waals surface area contributed by atoms with Gasteiger partial charge in [-0.05, 0) is 23.6 Å². The van der Waals surface area contributed by atoms with Crippen molar-refractivity contribution in [2.75, 3.05) is 5.32 Å². The molecule has 1 unspecified atom stereocenters. The molecule has 2 N–H and O–H groups in total. The van der Waals surface area contributed by atoms with E-state index in [1.165, 1.54) is 0 Å². The van der Waals surface area contributed by atoms with Crippen molar-refractivity contribution in [1.29, 1.82) is 5.26 Å². The van der Waals surface area contributed by atoms with Gasteiger partial charge in [0.1, 0.15) is 6.04 Å². The summed E-state index contributed by atoms with van der Waals surface area (Å²) in [5.74, 6) is -0.854. The van der Waals surface area contributed by atoms with E-state index in [1.54, 1.807) is 12.1 Å². The Hall–Kier alpha value is -2.02. The van der Waals surface area contributed by atoms with Crippen molar-refractivity contribution in [3.05, 3.63) is 29.8 Å². The van der Waals surface area contributed by atoms with E-state index in [1.807, 2.05) is 26.0 Å². The lowest BCUT2D eigenvalue weighted by atomic mass is 10.0. The summed E-state index contributed by atoms with van der Waals surface area (Å²) >= 11 is 0. The zero-order valence-corrected chi connectivity index (χ0v) is 9.97. The largest absolute Gasteiger partial charge is 0.480 e. The van der Waals surface area contributed by atoms with Gasteiger partial charge in [0.2, 0.25) is 0 Å². The Morgan fingerprint density at radius 2 is 2.00 bits per heavy atom. The van der Waals surface area contributed by atoms with Gasteiger partial charge in [-0.25, -0.2) is 4.79 Å². The lowest BCUT2D eigenvalue weighted by Crippen LogP contribution is -2.34. The number of carbonyl (C=O) groups is 1. The maximum atomic E-state index is 11.0. The van der Waals surface area contributed by atoms with Crippen molar-refractivity contribution in [2.45, 2.75) is 26.3 Å². The molecule has 0 aliphatic heterocycles. The summed E-state index contributed by atoms with van der Waals surface area (Å²) in [6, 6.07) is 8.71. The van der Waals surface area contributed by atoms with Crippen LogP contribution in [0, 0.1) is 17.2 Å². The third kappa shape index (κ3) is 3.80. The number of nitrogens with one attached hydrogen (secondary N) is 1. The first-order valence-corrected chi connectivity index (χ1v) is 5.50. The summed E-state index contributed by atoms with van der Waals surface area (Å²) in [6.45, 7) is 3.71. The highest BCUT2D eigenvalue weighted by atomic mass is 16.4. The summed E-state index contributed by atoms with van der Waals surface area (Å²) in [6.07, 6.45) is 0.368. The topological polar surface area (TPSA) is 73.1 Å². The number of aliphatic carboxylic acids is 1. The Balaban J connectivity index is 2.74. The first-order valence-electron chi connectivity index (χ1n) is 5.50. The second-order valence-corrected chi connectivity index (χ2v) is 4.24. The molecule has 1 aromatic rings. The summed E-state index contributed by atoms with van der Waals surface area (Å²) in [5, 5.41) is 20.5. The molecule has 0 aromatic heterocycles. The Morgan fingerprint density at radius 1 is 1.41 bits per heavy atom. The van der Waals surface area contributed by atoms with Crippen LogP contribution in [0.15, 0.2) is 24.3 Å². The Morgan fingerprint density at radius 3 is 2.41 bits per heavy atom. The van der Waals surface area contributed by atoms with Crippen molar-refractivity contribution in [1.82, 2.24) is 0 Å². The molecular weight excluding hydrogens is 216 g/mol. The molecule has 0 aliphatic carbocycles. The maximum absolute atomic E-state index is 11.0. The van der Waals surface area contributed by atoms with Gasteiger partial charge < -0.3 is 10.4 Å². The van der Waals surface area contributed by atoms with E-state index in [2.05, 4.69) is 11.4 Å². The number of hydrogen-bond donors (Lipinski definition) is 2. The Kier molecular flexibility index (Phi) is 4.53. The van der Waals surface area contributed by atoms with Crippen LogP contribution in [0.5, 0.6) is 0 Å². The first kappa shape index (κ1) is 13.0. The molecule has 0 saturated carbocycles. The molecule has 0 aliphatic rings. The SMILES string of the molecule is CC(C)C(Nc1ccc(CC#N)cc1)C(=O)O. The van der Waals surface area contributed by atoms with Gasteiger partial charge in [0.05, 0.1) is 12.5 Å². The van der Waals surface area contributed by atoms with Crippen LogP contribution in [0.2, 0.25) is 0 Å². The average Bonchev–Trinajstić information content (AvgIpc) is 2.27. The molecule has 0 fully saturated rings. The molecule has 1 atom stereocenters. The highest BCUT2D eigenvalue weighted by Gasteiger charge is 2.20. The van der Waals surface area contributed by atoms with Crippen LogP contribution in [-0.2, 0) is 11.2 Å². The molecule has 0 heterocycles. The van der Waals surface area contributed by atoms with E-state index in [4.69, 9.17) is 10.4 Å². The predicted octanol–water partition coefficient (Wildman–Crippen LogP) is 2.27. The van der Waals surface area contributed by atoms with Gasteiger partial charge in [-0.15, -0.1) is 0 Å². The number of anilines is 1. The number of nitrogens with zero attached hydrogens (tertiary/aromatic N) is 1. The molecule has 0 bridgehead atoms. The van der Waals surface area contributed by atoms with E-state index in [9.17, 15) is 4.79 Å². The molecule has 0 radical (unpaired) electrons. The summed E-state index contributed by atoms with van der Waals surface area (Å²) in [5.41, 5.74) is 1.68. The number of rotatable bonds is 5. The van der Waals surface area contributed by atoms with Crippen LogP contribution in [0.3, 0.4) is 0 Å². The quantitative estimate of drug-likeness (QED) is 0.816. The second kappa shape index (κ2) is 5.90. The highest BCUT2D eigenvalue weighted by Crippen LogP contribution is 2.14. The van der Waals surface area contributed by atoms with Crippen molar-refractivity contribution >= 4 is 11.7 Å². The minimum Gasteiger partial charge on any atom is -0.480 e. The van der Waals surface area contributed by atoms with Gasteiger partial charge in [-0.3, -0.25) is 0 Å². The second-order valence-electron chi connectivity index (χ2n) is 4.24. The minimum absolute atomic E-state index is 0.00582. The third-order valence-corrected chi connectivity index (χ3v) is 2.49. The lowest BCUT2D eigenvalue weighted by Gasteiger charge is -2.19. The third-order valence-electron chi connectivity index (χ3n) is 2.49. The van der Waals surface area contributed by atoms with Gasteiger partial charge in [-0.2, -0.15) is 5.26 Å². The van der Waals surface area contributed by atoms with E-state index < -0.39 is 12.0 Å². The van der Waals surface area contributed by atoms with E-state index in [0.717, 1.165) is 11.3 Å². The monoisotopic (exact) mass is 232 g/mol. The standard InChI is InChI=1S/C13H16N2O2/c1-9(2)12(13(16)17)15-11-5-3-10(4-6-11)7-8-14/h3-6,9,12,15H,7H2,1-2H3,(H,16,17). The normalized spacial score (nSPS) is 11.9. The van der Waals surface area contributed by atoms with Crippen LogP contribution >= 0.6 is 0 Å². The summed E-state index contributed by atoms with van der Waals surface area (Å²) in [7, 11) is 0. The number of carboxylic acids is 1. The molecule has 0 saturated heterocycles. The number of hydrogen-bond acceptors (Lipinski definition) is 3. The molecule has 0 spiro atoms. The maximum Gasteiger partial charge on any atom is 0.326 e. The average molecular weight is 232 g/mol. The number of nitriles is 1. The molecular formula is C13H16N2O2. The van der Waals surface area contributed by atoms with Gasteiger partial charge in [-0.1, -0.05) is 26.0 Å². The predicted molar refractivity (Wildman–Crippen MR) is 65.6 cm³/mol. The first-order chi connectivity index (χ1) is 8.04. The fourth-order valence-corrected chi connectivity index (χ4v) is 1.50. The lowest BCUT2D eigenvalue weighted by molar-refractivity contribution is -0.138. The highest BCUT2D eigenvalue weighted by molar-refractivity contribution is 5.77. The van der Waals surface area contributed by atoms with Crippen molar-refractivity contribution in [3.8, 4) is 6.07 Å². The van der Waals surface area contributed by atoms with Gasteiger partial charge in [0, 0.05) is 5.69 Å². The zero-order chi connectivity index (χ0) is 12.8. The minimum atomic E-state index is -0.860. The summed E-state index contributed by atoms with van der Waals surface area (Å²) in [4.78, 5) is 11.0. The molecule has 0 amide bonds. The fraction of sp³-hybridized carbons (Fsp3) is 0.385. The van der Waals surface area contributed by atoms with Crippen LogP contribution in [-0.4, -0.2) is 17.1 Å². The van der Waals surface area contributed by atoms with E-state index in [-0.39, 0.29) is 5.92 Å². The zero-order valence-electron chi connectivity index (χ0n) is 9.97. The van der Waals surface area contributed by atoms with Gasteiger partial charge in [0.25, 0.3) is 0 Å². The van der Waals surface area contributed by atoms with Crippen LogP contribution in [0.1, 0.15) is 19.4 Å². The van der Waals surface area contributed by atoms with Crippen molar-refractivity contribution in [2.24, 2.45) is 5.92 Å². The molecule has 90 valence electrons. The number of carboxylic acid groups (broad SMARTS) is 1. The fourth-order valence-electron chi connectivity index (χ4n) is 1.50. The molecule has 4 heteroatoms.